The van der Waals surface area contributed by atoms with Crippen molar-refractivity contribution in [1.29, 1.82) is 0 Å². The van der Waals surface area contributed by atoms with Crippen LogP contribution in [0.5, 0.6) is 0 Å². The van der Waals surface area contributed by atoms with Crippen molar-refractivity contribution in [2.75, 3.05) is 18.4 Å². The van der Waals surface area contributed by atoms with E-state index in [-0.39, 0.29) is 18.0 Å². The number of halogens is 1. The number of anilines is 1. The molecule has 0 fully saturated rings. The van der Waals surface area contributed by atoms with Crippen molar-refractivity contribution < 1.29 is 4.79 Å². The Hall–Kier alpha value is -2.30. The summed E-state index contributed by atoms with van der Waals surface area (Å²) in [5.41, 5.74) is 1.97. The fourth-order valence-electron chi connectivity index (χ4n) is 2.78. The quantitative estimate of drug-likeness (QED) is 0.418. The summed E-state index contributed by atoms with van der Waals surface area (Å²) in [6.07, 6.45) is 4.34. The molecule has 4 heterocycles. The second kappa shape index (κ2) is 6.78. The first-order valence-corrected chi connectivity index (χ1v) is 9.67. The number of aromatic amines is 1. The number of hydrogen-bond donors (Lipinski definition) is 3. The Morgan fingerprint density at radius 1 is 1.42 bits per heavy atom. The Labute approximate surface area is 159 Å². The van der Waals surface area contributed by atoms with Crippen molar-refractivity contribution >= 4 is 65.6 Å². The topological polar surface area (TPSA) is 104 Å². The molecule has 0 aliphatic carbocycles. The molecule has 0 spiro atoms. The molecule has 0 bridgehead atoms. The highest BCUT2D eigenvalue weighted by Gasteiger charge is 2.16. The van der Waals surface area contributed by atoms with E-state index in [4.69, 9.17) is 0 Å². The van der Waals surface area contributed by atoms with Crippen LogP contribution in [0.3, 0.4) is 0 Å². The highest BCUT2D eigenvalue weighted by atomic mass is 79.9. The van der Waals surface area contributed by atoms with Gasteiger partial charge in [-0.2, -0.15) is 5.10 Å². The van der Waals surface area contributed by atoms with Gasteiger partial charge >= 0.3 is 0 Å². The number of hydrogen-bond acceptors (Lipinski definition) is 6. The first-order chi connectivity index (χ1) is 12.6. The summed E-state index contributed by atoms with van der Waals surface area (Å²) in [4.78, 5) is 32.5. The number of amides is 1. The van der Waals surface area contributed by atoms with Gasteiger partial charge in [-0.05, 0) is 35.0 Å². The molecule has 134 valence electrons. The molecule has 0 aliphatic heterocycles. The molecule has 4 aromatic rings. The molecule has 0 radical (unpaired) electrons. The fraction of sp³-hybridized carbons (Fsp3) is 0.250. The van der Waals surface area contributed by atoms with E-state index in [1.54, 1.807) is 16.8 Å². The van der Waals surface area contributed by atoms with E-state index in [2.05, 4.69) is 41.6 Å². The standard InChI is InChI=1S/C16H15BrN6O2S/c1-2-3-18-6-11(24)20-8-4-9-13(19-5-8)14-12(15(25)21-9)16-23(22-14)7-10(17)26-16/h4-5,7,18H,2-3,6H2,1H3,(H,20,24)(H,21,25). The highest BCUT2D eigenvalue weighted by molar-refractivity contribution is 9.11. The number of pyridine rings is 2. The molecule has 10 heteroatoms. The second-order valence-electron chi connectivity index (χ2n) is 5.81. The molecule has 0 saturated carbocycles. The number of H-pyrrole nitrogens is 1. The molecule has 4 aromatic heterocycles. The van der Waals surface area contributed by atoms with Gasteiger partial charge in [-0.15, -0.1) is 11.3 Å². The minimum absolute atomic E-state index is 0.157. The van der Waals surface area contributed by atoms with Gasteiger partial charge in [-0.25, -0.2) is 4.52 Å². The summed E-state index contributed by atoms with van der Waals surface area (Å²) in [5.74, 6) is -0.157. The Morgan fingerprint density at radius 2 is 2.27 bits per heavy atom. The molecule has 8 nitrogen and oxygen atoms in total. The third kappa shape index (κ3) is 3.00. The summed E-state index contributed by atoms with van der Waals surface area (Å²) in [7, 11) is 0. The van der Waals surface area contributed by atoms with Gasteiger partial charge in [0, 0.05) is 0 Å². The monoisotopic (exact) mass is 434 g/mol. The van der Waals surface area contributed by atoms with Crippen LogP contribution in [-0.2, 0) is 4.79 Å². The third-order valence-electron chi connectivity index (χ3n) is 3.87. The lowest BCUT2D eigenvalue weighted by Gasteiger charge is -2.07. The van der Waals surface area contributed by atoms with Crippen LogP contribution in [0.25, 0.3) is 26.8 Å². The van der Waals surface area contributed by atoms with Crippen molar-refractivity contribution in [3.63, 3.8) is 0 Å². The lowest BCUT2D eigenvalue weighted by molar-refractivity contribution is -0.115. The average Bonchev–Trinajstić information content (AvgIpc) is 3.11. The lowest BCUT2D eigenvalue weighted by atomic mass is 10.2. The molecular weight excluding hydrogens is 420 g/mol. The van der Waals surface area contributed by atoms with Gasteiger partial charge in [-0.3, -0.25) is 14.6 Å². The largest absolute Gasteiger partial charge is 0.324 e. The SMILES string of the molecule is CCCNCC(=O)Nc1cnc2c(c1)[nH]c(=O)c1c2nn2cc(Br)sc12. The second-order valence-corrected chi connectivity index (χ2v) is 8.22. The van der Waals surface area contributed by atoms with Gasteiger partial charge in [0.15, 0.2) is 0 Å². The van der Waals surface area contributed by atoms with Crippen molar-refractivity contribution in [3.05, 3.63) is 32.6 Å². The molecule has 26 heavy (non-hydrogen) atoms. The maximum Gasteiger partial charge on any atom is 0.261 e. The first-order valence-electron chi connectivity index (χ1n) is 8.07. The number of carbonyl (C=O) groups excluding carboxylic acids is 1. The van der Waals surface area contributed by atoms with Crippen LogP contribution < -0.4 is 16.2 Å². The predicted octanol–water partition coefficient (Wildman–Crippen LogP) is 2.49. The van der Waals surface area contributed by atoms with E-state index in [0.29, 0.717) is 27.6 Å². The van der Waals surface area contributed by atoms with E-state index < -0.39 is 0 Å². The predicted molar refractivity (Wildman–Crippen MR) is 106 cm³/mol. The maximum atomic E-state index is 12.5. The van der Waals surface area contributed by atoms with Crippen molar-refractivity contribution in [3.8, 4) is 0 Å². The summed E-state index contributed by atoms with van der Waals surface area (Å²) < 4.78 is 2.56. The van der Waals surface area contributed by atoms with Gasteiger partial charge in [0.2, 0.25) is 5.91 Å². The molecule has 4 rings (SSSR count). The van der Waals surface area contributed by atoms with Gasteiger partial charge in [-0.1, -0.05) is 6.92 Å². The van der Waals surface area contributed by atoms with Gasteiger partial charge in [0.25, 0.3) is 5.56 Å². The Bertz CT molecular complexity index is 1190. The van der Waals surface area contributed by atoms with Crippen molar-refractivity contribution in [1.82, 2.24) is 24.9 Å². The zero-order valence-electron chi connectivity index (χ0n) is 13.8. The number of aromatic nitrogens is 4. The smallest absolute Gasteiger partial charge is 0.261 e. The normalized spacial score (nSPS) is 11.6. The number of thiazole rings is 1. The molecule has 0 atom stereocenters. The number of nitrogens with zero attached hydrogens (tertiary/aromatic N) is 3. The minimum Gasteiger partial charge on any atom is -0.324 e. The van der Waals surface area contributed by atoms with Crippen LogP contribution in [0.4, 0.5) is 5.69 Å². The van der Waals surface area contributed by atoms with Crippen molar-refractivity contribution in [2.24, 2.45) is 0 Å². The highest BCUT2D eigenvalue weighted by Crippen LogP contribution is 2.30. The first kappa shape index (κ1) is 17.1. The van der Waals surface area contributed by atoms with Crippen LogP contribution in [-0.4, -0.2) is 38.6 Å². The van der Waals surface area contributed by atoms with Crippen LogP contribution >= 0.6 is 27.3 Å². The van der Waals surface area contributed by atoms with Gasteiger partial charge in [0.1, 0.15) is 21.3 Å². The molecule has 0 unspecified atom stereocenters. The molecule has 0 aromatic carbocycles. The van der Waals surface area contributed by atoms with Crippen LogP contribution in [0.2, 0.25) is 0 Å². The molecular formula is C16H15BrN6O2S. The molecule has 3 N–H and O–H groups in total. The van der Waals surface area contributed by atoms with E-state index >= 15 is 0 Å². The van der Waals surface area contributed by atoms with E-state index in [1.165, 1.54) is 11.3 Å². The minimum atomic E-state index is -0.230. The summed E-state index contributed by atoms with van der Waals surface area (Å²) in [5, 5.41) is 10.8. The van der Waals surface area contributed by atoms with Gasteiger partial charge < -0.3 is 15.6 Å². The van der Waals surface area contributed by atoms with Crippen molar-refractivity contribution in [2.45, 2.75) is 13.3 Å². The molecule has 1 amide bonds. The lowest BCUT2D eigenvalue weighted by Crippen LogP contribution is -2.28. The summed E-state index contributed by atoms with van der Waals surface area (Å²) in [6.45, 7) is 3.05. The number of fused-ring (bicyclic) bond motifs is 5. The number of rotatable bonds is 5. The molecule has 0 saturated heterocycles. The van der Waals surface area contributed by atoms with E-state index in [9.17, 15) is 9.59 Å². The Morgan fingerprint density at radius 3 is 3.08 bits per heavy atom. The summed E-state index contributed by atoms with van der Waals surface area (Å²) >= 11 is 4.84. The average molecular weight is 435 g/mol. The molecule has 0 aliphatic rings. The van der Waals surface area contributed by atoms with E-state index in [0.717, 1.165) is 21.6 Å². The summed E-state index contributed by atoms with van der Waals surface area (Å²) in [6, 6.07) is 1.70. The Balaban J connectivity index is 1.74. The van der Waals surface area contributed by atoms with Crippen LogP contribution in [0.1, 0.15) is 13.3 Å². The maximum absolute atomic E-state index is 12.5. The van der Waals surface area contributed by atoms with Crippen LogP contribution in [0, 0.1) is 0 Å². The zero-order valence-corrected chi connectivity index (χ0v) is 16.2. The van der Waals surface area contributed by atoms with Gasteiger partial charge in [0.05, 0.1) is 33.9 Å². The Kier molecular flexibility index (Phi) is 4.47. The number of carbonyl (C=O) groups is 1. The fourth-order valence-corrected chi connectivity index (χ4v) is 4.25. The zero-order chi connectivity index (χ0) is 18.3. The number of nitrogens with one attached hydrogen (secondary N) is 3. The third-order valence-corrected chi connectivity index (χ3v) is 5.44. The van der Waals surface area contributed by atoms with E-state index in [1.807, 2.05) is 13.1 Å². The van der Waals surface area contributed by atoms with Crippen LogP contribution in [0.15, 0.2) is 27.0 Å².